The molecule has 1 aliphatic heterocycles. The van der Waals surface area contributed by atoms with Crippen LogP contribution in [0, 0.1) is 0 Å². The minimum Gasteiger partial charge on any atom is -0.495 e. The third-order valence-corrected chi connectivity index (χ3v) is 6.77. The van der Waals surface area contributed by atoms with Crippen LogP contribution in [0.4, 0.5) is 0 Å². The van der Waals surface area contributed by atoms with Gasteiger partial charge in [-0.2, -0.15) is 0 Å². The Morgan fingerprint density at radius 3 is 2.42 bits per heavy atom. The molecule has 40 heavy (non-hydrogen) atoms. The molecule has 1 aromatic heterocycles. The van der Waals surface area contributed by atoms with Gasteiger partial charge in [-0.3, -0.25) is 14.4 Å². The van der Waals surface area contributed by atoms with E-state index in [1.807, 2.05) is 26.8 Å². The second-order valence-electron chi connectivity index (χ2n) is 10.6. The van der Waals surface area contributed by atoms with Gasteiger partial charge in [-0.05, 0) is 75.6 Å². The monoisotopic (exact) mass is 567 g/mol. The van der Waals surface area contributed by atoms with E-state index in [-0.39, 0.29) is 31.0 Å². The van der Waals surface area contributed by atoms with E-state index < -0.39 is 17.2 Å². The fourth-order valence-electron chi connectivity index (χ4n) is 4.64. The van der Waals surface area contributed by atoms with E-state index >= 15 is 0 Å². The lowest BCUT2D eigenvalue weighted by molar-refractivity contribution is -0.122. The fraction of sp³-hybridized carbons (Fsp3) is 0.387. The van der Waals surface area contributed by atoms with E-state index in [0.717, 1.165) is 5.56 Å². The van der Waals surface area contributed by atoms with Crippen molar-refractivity contribution in [1.82, 2.24) is 4.57 Å². The average molecular weight is 568 g/mol. The number of pyridine rings is 1. The molecule has 2 aromatic carbocycles. The number of ether oxygens (including phenoxy) is 4. The highest BCUT2D eigenvalue weighted by molar-refractivity contribution is 6.31. The summed E-state index contributed by atoms with van der Waals surface area (Å²) < 4.78 is 24.2. The summed E-state index contributed by atoms with van der Waals surface area (Å²) in [5.41, 5.74) is 1.23. The number of halogens is 1. The van der Waals surface area contributed by atoms with Crippen molar-refractivity contribution in [3.8, 4) is 28.4 Å². The largest absolute Gasteiger partial charge is 0.495 e. The Labute approximate surface area is 238 Å². The molecule has 212 valence electrons. The highest BCUT2D eigenvalue weighted by Crippen LogP contribution is 2.35. The summed E-state index contributed by atoms with van der Waals surface area (Å²) in [7, 11) is 1.47. The number of hydrogen-bond donors (Lipinski definition) is 0. The van der Waals surface area contributed by atoms with Gasteiger partial charge in [0, 0.05) is 35.2 Å². The van der Waals surface area contributed by atoms with Crippen molar-refractivity contribution in [3.05, 3.63) is 75.2 Å². The summed E-state index contributed by atoms with van der Waals surface area (Å²) >= 11 is 6.23. The van der Waals surface area contributed by atoms with E-state index in [4.69, 9.17) is 30.5 Å². The van der Waals surface area contributed by atoms with Crippen LogP contribution in [0.15, 0.2) is 53.5 Å². The van der Waals surface area contributed by atoms with Crippen LogP contribution in [0.2, 0.25) is 5.02 Å². The van der Waals surface area contributed by atoms with E-state index in [1.165, 1.54) is 30.9 Å². The van der Waals surface area contributed by atoms with E-state index in [1.54, 1.807) is 30.3 Å². The van der Waals surface area contributed by atoms with Gasteiger partial charge in [-0.15, -0.1) is 0 Å². The topological polar surface area (TPSA) is 93.1 Å². The number of hydrogen-bond acceptors (Lipinski definition) is 7. The molecule has 2 heterocycles. The Morgan fingerprint density at radius 1 is 1.02 bits per heavy atom. The molecule has 0 N–H and O–H groups in total. The summed E-state index contributed by atoms with van der Waals surface area (Å²) in [6.45, 7) is 8.42. The van der Waals surface area contributed by atoms with Crippen LogP contribution >= 0.6 is 11.6 Å². The van der Waals surface area contributed by atoms with Crippen LogP contribution in [-0.4, -0.2) is 48.7 Å². The van der Waals surface area contributed by atoms with Crippen LogP contribution < -0.4 is 19.8 Å². The van der Waals surface area contributed by atoms with Gasteiger partial charge < -0.3 is 23.5 Å². The minimum atomic E-state index is -0.822. The number of fused-ring (bicyclic) bond motifs is 1. The molecule has 3 aromatic rings. The number of nitrogens with zero attached hydrogens (tertiary/aromatic N) is 1. The standard InChI is InChI=1S/C31H34ClNO7/c1-19(34)22-8-7-21(32)16-23(22)24-17-30(36)33(18-29(24)37-5)25(10-11-40-31(2,3)4)26(35)14-20-6-9-27-28(15-20)39-13-12-38-27/h6-9,15-18,25H,10-14H2,1-5H3. The number of methoxy groups -OCH3 is 1. The van der Waals surface area contributed by atoms with Gasteiger partial charge in [0.2, 0.25) is 0 Å². The molecule has 0 radical (unpaired) electrons. The Balaban J connectivity index is 1.73. The highest BCUT2D eigenvalue weighted by atomic mass is 35.5. The summed E-state index contributed by atoms with van der Waals surface area (Å²) in [6, 6.07) is 10.8. The Kier molecular flexibility index (Phi) is 9.01. The smallest absolute Gasteiger partial charge is 0.252 e. The number of rotatable bonds is 10. The predicted octanol–water partition coefficient (Wildman–Crippen LogP) is 5.71. The number of benzene rings is 2. The third kappa shape index (κ3) is 6.92. The molecule has 0 saturated heterocycles. The van der Waals surface area contributed by atoms with Gasteiger partial charge in [-0.1, -0.05) is 17.7 Å². The van der Waals surface area contributed by atoms with Crippen molar-refractivity contribution in [2.24, 2.45) is 0 Å². The first kappa shape index (κ1) is 29.4. The SMILES string of the molecule is COc1cn(C(CCOC(C)(C)C)C(=O)Cc2ccc3c(c2)OCCO3)c(=O)cc1-c1cc(Cl)ccc1C(C)=O. The maximum absolute atomic E-state index is 13.7. The van der Waals surface area contributed by atoms with Crippen LogP contribution in [-0.2, 0) is 16.0 Å². The number of carbonyl (C=O) groups is 2. The molecule has 1 aliphatic rings. The molecule has 1 unspecified atom stereocenters. The summed E-state index contributed by atoms with van der Waals surface area (Å²) in [5.74, 6) is 1.22. The Morgan fingerprint density at radius 2 is 1.75 bits per heavy atom. The molecule has 0 saturated carbocycles. The first-order valence-electron chi connectivity index (χ1n) is 13.1. The van der Waals surface area contributed by atoms with Gasteiger partial charge in [0.25, 0.3) is 5.56 Å². The van der Waals surface area contributed by atoms with Gasteiger partial charge in [-0.25, -0.2) is 0 Å². The zero-order chi connectivity index (χ0) is 29.0. The normalized spacial score (nSPS) is 13.6. The summed E-state index contributed by atoms with van der Waals surface area (Å²) in [6.07, 6.45) is 1.88. The lowest BCUT2D eigenvalue weighted by Gasteiger charge is -2.24. The van der Waals surface area contributed by atoms with Crippen LogP contribution in [0.25, 0.3) is 11.1 Å². The quantitative estimate of drug-likeness (QED) is 0.290. The molecular weight excluding hydrogens is 534 g/mol. The summed E-state index contributed by atoms with van der Waals surface area (Å²) in [4.78, 5) is 39.6. The highest BCUT2D eigenvalue weighted by Gasteiger charge is 2.26. The van der Waals surface area contributed by atoms with Crippen molar-refractivity contribution in [1.29, 1.82) is 0 Å². The van der Waals surface area contributed by atoms with Crippen molar-refractivity contribution in [2.75, 3.05) is 26.9 Å². The number of Topliss-reactive ketones (excluding diaryl/α,β-unsaturated/α-hetero) is 2. The van der Waals surface area contributed by atoms with Crippen molar-refractivity contribution in [3.63, 3.8) is 0 Å². The average Bonchev–Trinajstić information content (AvgIpc) is 2.90. The number of ketones is 2. The van der Waals surface area contributed by atoms with Crippen LogP contribution in [0.5, 0.6) is 17.2 Å². The number of carbonyl (C=O) groups excluding carboxylic acids is 2. The van der Waals surface area contributed by atoms with Crippen molar-refractivity contribution in [2.45, 2.75) is 52.2 Å². The minimum absolute atomic E-state index is 0.0795. The van der Waals surface area contributed by atoms with Gasteiger partial charge in [0.1, 0.15) is 19.0 Å². The first-order valence-corrected chi connectivity index (χ1v) is 13.5. The van der Waals surface area contributed by atoms with Crippen LogP contribution in [0.3, 0.4) is 0 Å². The van der Waals surface area contributed by atoms with Crippen molar-refractivity contribution >= 4 is 23.2 Å². The molecule has 0 fully saturated rings. The molecule has 0 bridgehead atoms. The first-order chi connectivity index (χ1) is 19.0. The zero-order valence-electron chi connectivity index (χ0n) is 23.4. The van der Waals surface area contributed by atoms with E-state index in [9.17, 15) is 14.4 Å². The Bertz CT molecular complexity index is 1470. The summed E-state index contributed by atoms with van der Waals surface area (Å²) in [5, 5.41) is 0.415. The van der Waals surface area contributed by atoms with Gasteiger partial charge in [0.05, 0.1) is 24.9 Å². The van der Waals surface area contributed by atoms with E-state index in [2.05, 4.69) is 0 Å². The molecular formula is C31H34ClNO7. The molecule has 8 nitrogen and oxygen atoms in total. The number of aromatic nitrogens is 1. The lowest BCUT2D eigenvalue weighted by atomic mass is 9.96. The Hall–Kier alpha value is -3.62. The maximum Gasteiger partial charge on any atom is 0.252 e. The second-order valence-corrected chi connectivity index (χ2v) is 11.1. The van der Waals surface area contributed by atoms with Gasteiger partial charge in [0.15, 0.2) is 23.1 Å². The predicted molar refractivity (Wildman–Crippen MR) is 153 cm³/mol. The molecule has 4 rings (SSSR count). The van der Waals surface area contributed by atoms with Crippen LogP contribution in [0.1, 0.15) is 56.1 Å². The second kappa shape index (κ2) is 12.3. The molecule has 0 amide bonds. The lowest BCUT2D eigenvalue weighted by Crippen LogP contribution is -2.32. The zero-order valence-corrected chi connectivity index (χ0v) is 24.2. The third-order valence-electron chi connectivity index (χ3n) is 6.53. The molecule has 0 spiro atoms. The van der Waals surface area contributed by atoms with Gasteiger partial charge >= 0.3 is 0 Å². The van der Waals surface area contributed by atoms with E-state index in [0.29, 0.717) is 52.2 Å². The van der Waals surface area contributed by atoms with Crippen molar-refractivity contribution < 1.29 is 28.5 Å². The molecule has 9 heteroatoms. The fourth-order valence-corrected chi connectivity index (χ4v) is 4.81. The molecule has 1 atom stereocenters. The molecule has 0 aliphatic carbocycles. The maximum atomic E-state index is 13.7.